The minimum atomic E-state index is -3.87. The van der Waals surface area contributed by atoms with Crippen molar-refractivity contribution in [1.29, 1.82) is 0 Å². The molecule has 4 aromatic carbocycles. The van der Waals surface area contributed by atoms with E-state index in [0.717, 1.165) is 60.9 Å². The van der Waals surface area contributed by atoms with Crippen LogP contribution in [0.1, 0.15) is 72.6 Å². The van der Waals surface area contributed by atoms with Gasteiger partial charge in [-0.15, -0.1) is 4.36 Å². The Morgan fingerprint density at radius 1 is 0.873 bits per heavy atom. The van der Waals surface area contributed by atoms with Crippen molar-refractivity contribution in [2.75, 3.05) is 11.9 Å². The molecule has 9 nitrogen and oxygen atoms in total. The quantitative estimate of drug-likeness (QED) is 0.109. The molecule has 0 spiro atoms. The first-order valence-corrected chi connectivity index (χ1v) is 23.9. The molecule has 286 valence electrons. The van der Waals surface area contributed by atoms with Gasteiger partial charge in [-0.25, -0.2) is 18.4 Å². The van der Waals surface area contributed by atoms with Gasteiger partial charge in [0.25, 0.3) is 0 Å². The van der Waals surface area contributed by atoms with E-state index in [1.54, 1.807) is 4.68 Å². The maximum Gasteiger partial charge on any atom is 0.354 e. The maximum absolute atomic E-state index is 16.3. The van der Waals surface area contributed by atoms with Crippen LogP contribution in [0.2, 0.25) is 18.1 Å². The van der Waals surface area contributed by atoms with Gasteiger partial charge in [0.1, 0.15) is 16.5 Å². The van der Waals surface area contributed by atoms with E-state index in [2.05, 4.69) is 59.4 Å². The fraction of sp³-hybridized carbons (Fsp3) is 0.364. The second-order valence-electron chi connectivity index (χ2n) is 16.5. The molecule has 0 saturated heterocycles. The Balaban J connectivity index is 1.27. The number of carbonyl (C=O) groups is 1. The van der Waals surface area contributed by atoms with Crippen LogP contribution in [0.25, 0.3) is 0 Å². The van der Waals surface area contributed by atoms with E-state index in [-0.39, 0.29) is 16.0 Å². The zero-order valence-corrected chi connectivity index (χ0v) is 34.2. The van der Waals surface area contributed by atoms with E-state index >= 15 is 4.21 Å². The molecule has 2 aliphatic carbocycles. The lowest BCUT2D eigenvalue weighted by molar-refractivity contribution is 0.135. The second-order valence-corrected chi connectivity index (χ2v) is 23.2. The maximum atomic E-state index is 16.3. The molecule has 5 aromatic rings. The van der Waals surface area contributed by atoms with Gasteiger partial charge in [-0.05, 0) is 95.6 Å². The van der Waals surface area contributed by atoms with E-state index in [0.29, 0.717) is 19.0 Å². The van der Waals surface area contributed by atoms with Gasteiger partial charge in [-0.1, -0.05) is 118 Å². The van der Waals surface area contributed by atoms with Crippen molar-refractivity contribution >= 4 is 30.0 Å². The van der Waals surface area contributed by atoms with Crippen LogP contribution in [-0.4, -0.2) is 41.0 Å². The van der Waals surface area contributed by atoms with Crippen LogP contribution in [0.15, 0.2) is 113 Å². The van der Waals surface area contributed by atoms with Gasteiger partial charge in [-0.2, -0.15) is 5.10 Å². The molecule has 3 aliphatic rings. The predicted molar refractivity (Wildman–Crippen MR) is 220 cm³/mol. The average Bonchev–Trinajstić information content (AvgIpc) is 3.99. The van der Waals surface area contributed by atoms with Crippen LogP contribution in [0.4, 0.5) is 10.5 Å². The Bertz CT molecular complexity index is 2200. The topological polar surface area (TPSA) is 107 Å². The standard InChI is InChI=1S/C44H51N5O4SSi/c1-43(2,3)55(4,5)52-30-36-29-49-41(53-36)39(28-45-49)54(51,47-42(50)46-40-37-25-15-17-31(37)27-32-18-16-26-38(32)40)48-44(33-19-9-6-10-20-33,34-21-11-7-12-22-34)35-23-13-8-14-24-35/h6-14,19-24,27-28,36H,15-18,25-26,29-30H2,1-5H3,(H2,46,47,48,50,51)/t36-,54?/m1/s1. The number of benzene rings is 4. The normalized spacial score (nSPS) is 17.5. The van der Waals surface area contributed by atoms with Gasteiger partial charge in [0.2, 0.25) is 5.88 Å². The van der Waals surface area contributed by atoms with E-state index < -0.39 is 29.8 Å². The van der Waals surface area contributed by atoms with Crippen molar-refractivity contribution in [3.05, 3.63) is 142 Å². The molecule has 11 heteroatoms. The third-order valence-corrected chi connectivity index (χ3v) is 18.4. The van der Waals surface area contributed by atoms with Crippen LogP contribution in [0.5, 0.6) is 5.88 Å². The highest BCUT2D eigenvalue weighted by molar-refractivity contribution is 7.92. The Hall–Kier alpha value is -4.55. The molecule has 2 amide bonds. The van der Waals surface area contributed by atoms with Crippen molar-refractivity contribution in [2.24, 2.45) is 4.36 Å². The molecular weight excluding hydrogens is 723 g/mol. The Morgan fingerprint density at radius 2 is 1.40 bits per heavy atom. The third kappa shape index (κ3) is 6.96. The summed E-state index contributed by atoms with van der Waals surface area (Å²) < 4.78 is 39.4. The van der Waals surface area contributed by atoms with Crippen LogP contribution in [0, 0.1) is 0 Å². The summed E-state index contributed by atoms with van der Waals surface area (Å²) in [5.74, 6) is 0.322. The number of hydrogen-bond donors (Lipinski definition) is 2. The van der Waals surface area contributed by atoms with Gasteiger partial charge >= 0.3 is 6.03 Å². The van der Waals surface area contributed by atoms with Gasteiger partial charge in [-0.3, -0.25) is 0 Å². The molecular formula is C44H51N5O4SSi. The first kappa shape index (κ1) is 37.4. The number of carbonyl (C=O) groups excluding carboxylic acids is 1. The van der Waals surface area contributed by atoms with Crippen LogP contribution < -0.4 is 14.8 Å². The molecule has 2 N–H and O–H groups in total. The molecule has 0 saturated carbocycles. The number of amides is 2. The van der Waals surface area contributed by atoms with E-state index in [4.69, 9.17) is 9.16 Å². The molecule has 0 fully saturated rings. The lowest BCUT2D eigenvalue weighted by Crippen LogP contribution is -2.48. The number of aromatic nitrogens is 2. The number of fused-ring (bicyclic) bond motifs is 3. The minimum absolute atomic E-state index is 0.0312. The summed E-state index contributed by atoms with van der Waals surface area (Å²) >= 11 is 0. The smallest absolute Gasteiger partial charge is 0.354 e. The number of nitrogens with one attached hydrogen (secondary N) is 2. The lowest BCUT2D eigenvalue weighted by atomic mass is 9.78. The molecule has 55 heavy (non-hydrogen) atoms. The second kappa shape index (κ2) is 14.5. The van der Waals surface area contributed by atoms with Gasteiger partial charge in [0.05, 0.1) is 19.3 Å². The van der Waals surface area contributed by atoms with Crippen molar-refractivity contribution < 1.29 is 18.2 Å². The molecule has 1 unspecified atom stereocenters. The Labute approximate surface area is 326 Å². The zero-order chi connectivity index (χ0) is 38.4. The van der Waals surface area contributed by atoms with E-state index in [1.807, 2.05) is 91.0 Å². The lowest BCUT2D eigenvalue weighted by Gasteiger charge is -2.37. The summed E-state index contributed by atoms with van der Waals surface area (Å²) in [6.07, 6.45) is 7.07. The van der Waals surface area contributed by atoms with Crippen LogP contribution in [0.3, 0.4) is 0 Å². The van der Waals surface area contributed by atoms with Crippen molar-refractivity contribution in [3.8, 4) is 5.88 Å². The van der Waals surface area contributed by atoms with Gasteiger partial charge in [0.15, 0.2) is 18.2 Å². The number of ether oxygens (including phenoxy) is 1. The zero-order valence-electron chi connectivity index (χ0n) is 32.4. The Kier molecular flexibility index (Phi) is 9.86. The monoisotopic (exact) mass is 773 g/mol. The highest BCUT2D eigenvalue weighted by atomic mass is 32.2. The summed E-state index contributed by atoms with van der Waals surface area (Å²) in [6, 6.07) is 31.4. The van der Waals surface area contributed by atoms with E-state index in [1.165, 1.54) is 28.5 Å². The van der Waals surface area contributed by atoms with Crippen molar-refractivity contribution in [2.45, 2.75) is 101 Å². The van der Waals surface area contributed by atoms with Gasteiger partial charge in [0, 0.05) is 5.69 Å². The number of aryl methyl sites for hydroxylation is 2. The average molecular weight is 774 g/mol. The first-order valence-electron chi connectivity index (χ1n) is 19.4. The fourth-order valence-corrected chi connectivity index (χ4v) is 11.0. The minimum Gasteiger partial charge on any atom is -0.469 e. The number of hydrogen-bond acceptors (Lipinski definition) is 5. The number of urea groups is 1. The predicted octanol–water partition coefficient (Wildman–Crippen LogP) is 9.20. The Morgan fingerprint density at radius 3 is 1.91 bits per heavy atom. The van der Waals surface area contributed by atoms with Crippen molar-refractivity contribution in [3.63, 3.8) is 0 Å². The molecule has 1 aromatic heterocycles. The van der Waals surface area contributed by atoms with E-state index in [9.17, 15) is 4.79 Å². The molecule has 8 rings (SSSR count). The number of anilines is 1. The molecule has 2 heterocycles. The largest absolute Gasteiger partial charge is 0.469 e. The highest BCUT2D eigenvalue weighted by Gasteiger charge is 2.44. The third-order valence-electron chi connectivity index (χ3n) is 12.0. The highest BCUT2D eigenvalue weighted by Crippen LogP contribution is 2.43. The summed E-state index contributed by atoms with van der Waals surface area (Å²) in [4.78, 5) is 14.7. The van der Waals surface area contributed by atoms with Crippen LogP contribution in [-0.2, 0) is 52.1 Å². The molecule has 0 radical (unpaired) electrons. The molecule has 0 bridgehead atoms. The number of rotatable bonds is 10. The molecule has 1 aliphatic heterocycles. The SMILES string of the molecule is CC(C)(C)[Si](C)(C)OC[C@H]1Cn2ncc(S(=O)(=NC(=O)Nc3c4c(cc5c3CCC5)CCC4)NC(c3ccccc3)(c3ccccc3)c3ccccc3)c2O1. The summed E-state index contributed by atoms with van der Waals surface area (Å²) in [6.45, 7) is 11.9. The van der Waals surface area contributed by atoms with Crippen LogP contribution >= 0.6 is 0 Å². The first-order chi connectivity index (χ1) is 26.4. The number of nitrogens with zero attached hydrogens (tertiary/aromatic N) is 3. The summed E-state index contributed by atoms with van der Waals surface area (Å²) in [5, 5.41) is 7.89. The summed E-state index contributed by atoms with van der Waals surface area (Å²) in [7, 11) is -5.94. The van der Waals surface area contributed by atoms with Gasteiger partial charge < -0.3 is 14.5 Å². The fourth-order valence-electron chi connectivity index (χ4n) is 8.08. The molecule has 2 atom stereocenters. The summed E-state index contributed by atoms with van der Waals surface area (Å²) in [5.41, 5.74) is 7.07. The van der Waals surface area contributed by atoms with Crippen molar-refractivity contribution in [1.82, 2.24) is 14.5 Å².